The van der Waals surface area contributed by atoms with E-state index in [0.717, 1.165) is 25.0 Å². The van der Waals surface area contributed by atoms with Gasteiger partial charge in [0.25, 0.3) is 0 Å². The molecule has 3 N–H and O–H groups in total. The molecule has 4 nitrogen and oxygen atoms in total. The van der Waals surface area contributed by atoms with Crippen LogP contribution in [0.15, 0.2) is 30.3 Å². The van der Waals surface area contributed by atoms with Gasteiger partial charge in [0, 0.05) is 31.5 Å². The fourth-order valence-corrected chi connectivity index (χ4v) is 1.53. The summed E-state index contributed by atoms with van der Waals surface area (Å²) < 4.78 is 5.32. The second kappa shape index (κ2) is 9.16. The fraction of sp³-hybridized carbons (Fsp3) is 0.400. The SMILES string of the molecule is CCCOCCCNC(=O)/C=C/c1cccc(N)c1. The Morgan fingerprint density at radius 3 is 3.00 bits per heavy atom. The largest absolute Gasteiger partial charge is 0.399 e. The van der Waals surface area contributed by atoms with Crippen LogP contribution in [-0.4, -0.2) is 25.7 Å². The van der Waals surface area contributed by atoms with E-state index >= 15 is 0 Å². The Balaban J connectivity index is 2.20. The van der Waals surface area contributed by atoms with Crippen molar-refractivity contribution >= 4 is 17.7 Å². The molecule has 0 saturated heterocycles. The summed E-state index contributed by atoms with van der Waals surface area (Å²) in [5.74, 6) is -0.0992. The van der Waals surface area contributed by atoms with Crippen molar-refractivity contribution in [3.05, 3.63) is 35.9 Å². The first-order valence-corrected chi connectivity index (χ1v) is 6.61. The zero-order valence-corrected chi connectivity index (χ0v) is 11.4. The van der Waals surface area contributed by atoms with Crippen molar-refractivity contribution < 1.29 is 9.53 Å². The number of ether oxygens (including phenoxy) is 1. The number of amides is 1. The minimum atomic E-state index is -0.0992. The Kier molecular flexibility index (Phi) is 7.35. The minimum Gasteiger partial charge on any atom is -0.399 e. The molecule has 1 rings (SSSR count). The first-order valence-electron chi connectivity index (χ1n) is 6.61. The van der Waals surface area contributed by atoms with Gasteiger partial charge in [0.1, 0.15) is 0 Å². The molecule has 0 aromatic heterocycles. The average Bonchev–Trinajstić information content (AvgIpc) is 2.40. The van der Waals surface area contributed by atoms with Gasteiger partial charge in [-0.15, -0.1) is 0 Å². The van der Waals surface area contributed by atoms with Crippen molar-refractivity contribution in [3.8, 4) is 0 Å². The number of hydrogen-bond donors (Lipinski definition) is 2. The molecule has 0 aliphatic heterocycles. The van der Waals surface area contributed by atoms with Crippen molar-refractivity contribution in [2.75, 3.05) is 25.5 Å². The lowest BCUT2D eigenvalue weighted by molar-refractivity contribution is -0.116. The second-order valence-corrected chi connectivity index (χ2v) is 4.26. The van der Waals surface area contributed by atoms with Crippen LogP contribution >= 0.6 is 0 Å². The Hall–Kier alpha value is -1.81. The minimum absolute atomic E-state index is 0.0992. The van der Waals surface area contributed by atoms with Crippen LogP contribution < -0.4 is 11.1 Å². The molecule has 0 unspecified atom stereocenters. The molecule has 4 heteroatoms. The molecular weight excluding hydrogens is 240 g/mol. The van der Waals surface area contributed by atoms with Crippen molar-refractivity contribution in [2.45, 2.75) is 19.8 Å². The quantitative estimate of drug-likeness (QED) is 0.429. The van der Waals surface area contributed by atoms with Gasteiger partial charge in [-0.3, -0.25) is 4.79 Å². The van der Waals surface area contributed by atoms with Gasteiger partial charge in [-0.2, -0.15) is 0 Å². The summed E-state index contributed by atoms with van der Waals surface area (Å²) in [6.07, 6.45) is 5.12. The Morgan fingerprint density at radius 1 is 1.42 bits per heavy atom. The van der Waals surface area contributed by atoms with Crippen LogP contribution in [0.2, 0.25) is 0 Å². The zero-order chi connectivity index (χ0) is 13.9. The van der Waals surface area contributed by atoms with Crippen molar-refractivity contribution in [1.29, 1.82) is 0 Å². The molecule has 0 spiro atoms. The van der Waals surface area contributed by atoms with E-state index in [4.69, 9.17) is 10.5 Å². The van der Waals surface area contributed by atoms with E-state index in [9.17, 15) is 4.79 Å². The van der Waals surface area contributed by atoms with E-state index in [1.165, 1.54) is 6.08 Å². The van der Waals surface area contributed by atoms with E-state index < -0.39 is 0 Å². The number of rotatable bonds is 8. The first-order chi connectivity index (χ1) is 9.22. The average molecular weight is 262 g/mol. The molecule has 0 heterocycles. The van der Waals surface area contributed by atoms with E-state index in [2.05, 4.69) is 12.2 Å². The summed E-state index contributed by atoms with van der Waals surface area (Å²) in [6, 6.07) is 7.40. The van der Waals surface area contributed by atoms with Crippen LogP contribution in [0.1, 0.15) is 25.3 Å². The summed E-state index contributed by atoms with van der Waals surface area (Å²) in [5, 5.41) is 2.81. The maximum atomic E-state index is 11.5. The molecule has 0 aliphatic rings. The molecule has 0 radical (unpaired) electrons. The van der Waals surface area contributed by atoms with E-state index in [0.29, 0.717) is 18.8 Å². The van der Waals surface area contributed by atoms with Crippen LogP contribution in [0.25, 0.3) is 6.08 Å². The summed E-state index contributed by atoms with van der Waals surface area (Å²) >= 11 is 0. The summed E-state index contributed by atoms with van der Waals surface area (Å²) in [7, 11) is 0. The van der Waals surface area contributed by atoms with Gasteiger partial charge in [-0.05, 0) is 36.6 Å². The Labute approximate surface area is 114 Å². The predicted octanol–water partition coefficient (Wildman–Crippen LogP) is 2.21. The van der Waals surface area contributed by atoms with Crippen molar-refractivity contribution in [3.63, 3.8) is 0 Å². The van der Waals surface area contributed by atoms with Gasteiger partial charge in [0.15, 0.2) is 0 Å². The van der Waals surface area contributed by atoms with Crippen LogP contribution in [-0.2, 0) is 9.53 Å². The number of nitrogens with two attached hydrogens (primary N) is 1. The van der Waals surface area contributed by atoms with E-state index in [-0.39, 0.29) is 5.91 Å². The van der Waals surface area contributed by atoms with Crippen molar-refractivity contribution in [2.24, 2.45) is 0 Å². The highest BCUT2D eigenvalue weighted by atomic mass is 16.5. The standard InChI is InChI=1S/C15H22N2O2/c1-2-10-19-11-4-9-17-15(18)8-7-13-5-3-6-14(16)12-13/h3,5-8,12H,2,4,9-11,16H2,1H3,(H,17,18)/b8-7+. The number of nitrogens with one attached hydrogen (secondary N) is 1. The van der Waals surface area contributed by atoms with Gasteiger partial charge in [0.05, 0.1) is 0 Å². The first kappa shape index (κ1) is 15.2. The molecule has 0 aliphatic carbocycles. The molecule has 0 atom stereocenters. The predicted molar refractivity (Wildman–Crippen MR) is 78.6 cm³/mol. The van der Waals surface area contributed by atoms with E-state index in [1.54, 1.807) is 6.08 Å². The van der Waals surface area contributed by atoms with Gasteiger partial charge >= 0.3 is 0 Å². The highest BCUT2D eigenvalue weighted by molar-refractivity contribution is 5.91. The summed E-state index contributed by atoms with van der Waals surface area (Å²) in [4.78, 5) is 11.5. The molecule has 104 valence electrons. The smallest absolute Gasteiger partial charge is 0.244 e. The highest BCUT2D eigenvalue weighted by Gasteiger charge is 1.95. The molecule has 0 saturated carbocycles. The van der Waals surface area contributed by atoms with Crippen molar-refractivity contribution in [1.82, 2.24) is 5.32 Å². The maximum absolute atomic E-state index is 11.5. The lowest BCUT2D eigenvalue weighted by Crippen LogP contribution is -2.23. The Bertz CT molecular complexity index is 416. The van der Waals surface area contributed by atoms with Gasteiger partial charge in [-0.1, -0.05) is 19.1 Å². The maximum Gasteiger partial charge on any atom is 0.244 e. The molecule has 1 aromatic rings. The van der Waals surface area contributed by atoms with E-state index in [1.807, 2.05) is 24.3 Å². The number of benzene rings is 1. The molecule has 0 bridgehead atoms. The van der Waals surface area contributed by atoms with Gasteiger partial charge < -0.3 is 15.8 Å². The van der Waals surface area contributed by atoms with Crippen LogP contribution in [0, 0.1) is 0 Å². The molecule has 19 heavy (non-hydrogen) atoms. The monoisotopic (exact) mass is 262 g/mol. The third-order valence-corrected chi connectivity index (χ3v) is 2.45. The number of carbonyl (C=O) groups excluding carboxylic acids is 1. The number of anilines is 1. The lowest BCUT2D eigenvalue weighted by atomic mass is 10.2. The van der Waals surface area contributed by atoms with Crippen LogP contribution in [0.4, 0.5) is 5.69 Å². The third-order valence-electron chi connectivity index (χ3n) is 2.45. The van der Waals surface area contributed by atoms with Crippen LogP contribution in [0.3, 0.4) is 0 Å². The topological polar surface area (TPSA) is 64.3 Å². The third kappa shape index (κ3) is 7.26. The Morgan fingerprint density at radius 2 is 2.26 bits per heavy atom. The normalized spacial score (nSPS) is 10.8. The number of hydrogen-bond acceptors (Lipinski definition) is 3. The summed E-state index contributed by atoms with van der Waals surface area (Å²) in [5.41, 5.74) is 7.26. The van der Waals surface area contributed by atoms with Gasteiger partial charge in [0.2, 0.25) is 5.91 Å². The van der Waals surface area contributed by atoms with Crippen LogP contribution in [0.5, 0.6) is 0 Å². The zero-order valence-electron chi connectivity index (χ0n) is 11.4. The molecule has 0 fully saturated rings. The fourth-order valence-electron chi connectivity index (χ4n) is 1.53. The van der Waals surface area contributed by atoms with Gasteiger partial charge in [-0.25, -0.2) is 0 Å². The number of carbonyl (C=O) groups is 1. The highest BCUT2D eigenvalue weighted by Crippen LogP contribution is 2.07. The molecule has 1 aromatic carbocycles. The molecular formula is C15H22N2O2. The molecule has 1 amide bonds. The number of nitrogen functional groups attached to an aromatic ring is 1. The second-order valence-electron chi connectivity index (χ2n) is 4.26. The lowest BCUT2D eigenvalue weighted by Gasteiger charge is -2.03. The summed E-state index contributed by atoms with van der Waals surface area (Å²) in [6.45, 7) is 4.17.